The zero-order chi connectivity index (χ0) is 18.4. The molecule has 1 atom stereocenters. The molecule has 1 aliphatic carbocycles. The first-order valence-electron chi connectivity index (χ1n) is 9.36. The van der Waals surface area contributed by atoms with Crippen molar-refractivity contribution in [2.45, 2.75) is 25.3 Å². The molecule has 0 radical (unpaired) electrons. The number of rotatable bonds is 6. The molecule has 0 unspecified atom stereocenters. The lowest BCUT2D eigenvalue weighted by Gasteiger charge is -2.27. The first-order valence-corrected chi connectivity index (χ1v) is 9.36. The molecule has 1 saturated heterocycles. The second-order valence-electron chi connectivity index (χ2n) is 7.31. The van der Waals surface area contributed by atoms with Gasteiger partial charge in [0.25, 0.3) is 0 Å². The summed E-state index contributed by atoms with van der Waals surface area (Å²) in [5.74, 6) is 1.58. The van der Waals surface area contributed by atoms with Gasteiger partial charge in [-0.1, -0.05) is 0 Å². The molecule has 0 aromatic carbocycles. The summed E-state index contributed by atoms with van der Waals surface area (Å²) >= 11 is 0. The van der Waals surface area contributed by atoms with E-state index in [9.17, 15) is 4.79 Å². The van der Waals surface area contributed by atoms with Crippen molar-refractivity contribution >= 4 is 17.2 Å². The van der Waals surface area contributed by atoms with Crippen LogP contribution in [-0.4, -0.2) is 44.5 Å². The number of fused-ring (bicyclic) bond motifs is 1. The van der Waals surface area contributed by atoms with Crippen molar-refractivity contribution in [1.82, 2.24) is 24.7 Å². The fraction of sp³-hybridized carbons (Fsp3) is 0.421. The molecule has 3 aromatic heterocycles. The van der Waals surface area contributed by atoms with Crippen LogP contribution in [0, 0.1) is 5.92 Å². The van der Waals surface area contributed by atoms with Crippen LogP contribution in [0.4, 0.5) is 5.82 Å². The van der Waals surface area contributed by atoms with E-state index in [2.05, 4.69) is 20.8 Å². The van der Waals surface area contributed by atoms with E-state index in [1.165, 1.54) is 0 Å². The Balaban J connectivity index is 1.41. The highest BCUT2D eigenvalue weighted by Crippen LogP contribution is 2.32. The molecule has 27 heavy (non-hydrogen) atoms. The van der Waals surface area contributed by atoms with Crippen molar-refractivity contribution < 1.29 is 9.53 Å². The maximum Gasteiger partial charge on any atom is 0.228 e. The fourth-order valence-corrected chi connectivity index (χ4v) is 3.31. The molecule has 2 N–H and O–H groups in total. The van der Waals surface area contributed by atoms with Gasteiger partial charge in [-0.25, -0.2) is 4.52 Å². The Hall–Kier alpha value is -2.87. The van der Waals surface area contributed by atoms with Gasteiger partial charge in [-0.3, -0.25) is 9.48 Å². The Kier molecular flexibility index (Phi) is 3.86. The van der Waals surface area contributed by atoms with Crippen LogP contribution in [0.5, 0.6) is 5.75 Å². The first-order chi connectivity index (χ1) is 13.2. The third-order valence-electron chi connectivity index (χ3n) is 5.21. The number of ether oxygens (including phenoxy) is 1. The summed E-state index contributed by atoms with van der Waals surface area (Å²) in [5.41, 5.74) is 2.84. The number of carbonyl (C=O) groups is 1. The Labute approximate surface area is 156 Å². The van der Waals surface area contributed by atoms with Gasteiger partial charge in [-0.15, -0.1) is 0 Å². The maximum atomic E-state index is 12.0. The summed E-state index contributed by atoms with van der Waals surface area (Å²) in [6.45, 7) is 1.70. The number of pyridine rings is 1. The average Bonchev–Trinajstić information content (AvgIpc) is 3.29. The minimum atomic E-state index is 0.0607. The number of amides is 1. The molecule has 140 valence electrons. The summed E-state index contributed by atoms with van der Waals surface area (Å²) in [6.07, 6.45) is 6.75. The monoisotopic (exact) mass is 366 g/mol. The van der Waals surface area contributed by atoms with Crippen molar-refractivity contribution in [3.05, 3.63) is 30.6 Å². The lowest BCUT2D eigenvalue weighted by atomic mass is 10.1. The lowest BCUT2D eigenvalue weighted by molar-refractivity contribution is -0.117. The summed E-state index contributed by atoms with van der Waals surface area (Å²) in [7, 11) is 1.91. The number of carbonyl (C=O) groups excluding carboxylic acids is 1. The van der Waals surface area contributed by atoms with Crippen LogP contribution in [0.2, 0.25) is 0 Å². The fourth-order valence-electron chi connectivity index (χ4n) is 3.31. The molecule has 8 nitrogen and oxygen atoms in total. The summed E-state index contributed by atoms with van der Waals surface area (Å²) in [4.78, 5) is 12.0. The van der Waals surface area contributed by atoms with Gasteiger partial charge in [0.15, 0.2) is 11.6 Å². The van der Waals surface area contributed by atoms with Gasteiger partial charge < -0.3 is 15.4 Å². The van der Waals surface area contributed by atoms with Crippen LogP contribution in [0.25, 0.3) is 16.8 Å². The Morgan fingerprint density at radius 2 is 2.22 bits per heavy atom. The van der Waals surface area contributed by atoms with Gasteiger partial charge in [-0.05, 0) is 37.9 Å². The Morgan fingerprint density at radius 1 is 1.37 bits per heavy atom. The van der Waals surface area contributed by atoms with Crippen molar-refractivity contribution in [2.75, 3.05) is 18.5 Å². The van der Waals surface area contributed by atoms with Crippen LogP contribution in [0.3, 0.4) is 0 Å². The zero-order valence-electron chi connectivity index (χ0n) is 15.2. The van der Waals surface area contributed by atoms with Crippen molar-refractivity contribution in [2.24, 2.45) is 13.0 Å². The minimum Gasteiger partial charge on any atom is -0.488 e. The van der Waals surface area contributed by atoms with Gasteiger partial charge in [-0.2, -0.15) is 10.2 Å². The predicted molar refractivity (Wildman–Crippen MR) is 101 cm³/mol. The second-order valence-corrected chi connectivity index (χ2v) is 7.31. The van der Waals surface area contributed by atoms with Crippen molar-refractivity contribution in [3.8, 4) is 17.0 Å². The number of aryl methyl sites for hydroxylation is 1. The lowest BCUT2D eigenvalue weighted by Crippen LogP contribution is -2.46. The van der Waals surface area contributed by atoms with E-state index in [1.54, 1.807) is 10.7 Å². The van der Waals surface area contributed by atoms with E-state index in [0.717, 1.165) is 48.3 Å². The molecule has 1 amide bonds. The molecule has 3 aromatic rings. The summed E-state index contributed by atoms with van der Waals surface area (Å²) in [6, 6.07) is 6.33. The SMILES string of the molecule is Cn1ncc(OC[C@@H]2CCN2)c1-c1ccn2nc(NC(=O)C3CC3)cc2c1. The summed E-state index contributed by atoms with van der Waals surface area (Å²) in [5, 5.41) is 15.0. The van der Waals surface area contributed by atoms with Gasteiger partial charge in [0.1, 0.15) is 12.3 Å². The van der Waals surface area contributed by atoms with E-state index in [-0.39, 0.29) is 11.8 Å². The van der Waals surface area contributed by atoms with Crippen LogP contribution in [0.15, 0.2) is 30.6 Å². The number of hydrogen-bond acceptors (Lipinski definition) is 5. The minimum absolute atomic E-state index is 0.0607. The first kappa shape index (κ1) is 16.3. The Morgan fingerprint density at radius 3 is 2.96 bits per heavy atom. The van der Waals surface area contributed by atoms with E-state index in [4.69, 9.17) is 4.74 Å². The number of anilines is 1. The molecule has 0 bridgehead atoms. The second kappa shape index (κ2) is 6.38. The van der Waals surface area contributed by atoms with Crippen LogP contribution >= 0.6 is 0 Å². The topological polar surface area (TPSA) is 85.5 Å². The maximum absolute atomic E-state index is 12.0. The van der Waals surface area contributed by atoms with E-state index < -0.39 is 0 Å². The Bertz CT molecular complexity index is 999. The van der Waals surface area contributed by atoms with Crippen LogP contribution in [-0.2, 0) is 11.8 Å². The summed E-state index contributed by atoms with van der Waals surface area (Å²) < 4.78 is 9.58. The highest BCUT2D eigenvalue weighted by Gasteiger charge is 2.30. The molecule has 1 saturated carbocycles. The quantitative estimate of drug-likeness (QED) is 0.695. The van der Waals surface area contributed by atoms with Crippen molar-refractivity contribution in [1.29, 1.82) is 0 Å². The molecule has 0 spiro atoms. The largest absolute Gasteiger partial charge is 0.488 e. The molecule has 8 heteroatoms. The molecule has 1 aliphatic heterocycles. The normalized spacial score (nSPS) is 19.1. The standard InChI is InChI=1S/C19H22N6O2/c1-24-18(16(10-21-24)27-11-14-4-6-20-14)13-5-7-25-15(8-13)9-17(23-25)22-19(26)12-2-3-12/h5,7-10,12,14,20H,2-4,6,11H2,1H3,(H,22,23,26)/t14-/m0/s1. The smallest absolute Gasteiger partial charge is 0.228 e. The molecule has 2 fully saturated rings. The van der Waals surface area contributed by atoms with Crippen LogP contribution < -0.4 is 15.4 Å². The van der Waals surface area contributed by atoms with Gasteiger partial charge in [0.2, 0.25) is 5.91 Å². The molecule has 4 heterocycles. The average molecular weight is 366 g/mol. The van der Waals surface area contributed by atoms with E-state index in [1.807, 2.05) is 36.1 Å². The predicted octanol–water partition coefficient (Wildman–Crippen LogP) is 1.82. The highest BCUT2D eigenvalue weighted by molar-refractivity contribution is 5.93. The van der Waals surface area contributed by atoms with Gasteiger partial charge >= 0.3 is 0 Å². The zero-order valence-corrected chi connectivity index (χ0v) is 15.2. The number of hydrogen-bond donors (Lipinski definition) is 2. The van der Waals surface area contributed by atoms with E-state index in [0.29, 0.717) is 18.5 Å². The van der Waals surface area contributed by atoms with Crippen LogP contribution in [0.1, 0.15) is 19.3 Å². The molecular formula is C19H22N6O2. The third kappa shape index (κ3) is 3.16. The van der Waals surface area contributed by atoms with Crippen molar-refractivity contribution in [3.63, 3.8) is 0 Å². The molecular weight excluding hydrogens is 344 g/mol. The highest BCUT2D eigenvalue weighted by atomic mass is 16.5. The molecule has 5 rings (SSSR count). The van der Waals surface area contributed by atoms with Gasteiger partial charge in [0.05, 0.1) is 11.7 Å². The number of nitrogens with zero attached hydrogens (tertiary/aromatic N) is 4. The molecule has 2 aliphatic rings. The number of nitrogens with one attached hydrogen (secondary N) is 2. The van der Waals surface area contributed by atoms with Gasteiger partial charge in [0, 0.05) is 36.8 Å². The van der Waals surface area contributed by atoms with E-state index >= 15 is 0 Å². The number of aromatic nitrogens is 4. The third-order valence-corrected chi connectivity index (χ3v) is 5.21.